The summed E-state index contributed by atoms with van der Waals surface area (Å²) in [4.78, 5) is 10.1. The first-order chi connectivity index (χ1) is 11.0. The zero-order valence-electron chi connectivity index (χ0n) is 15.5. The van der Waals surface area contributed by atoms with Crippen LogP contribution < -0.4 is 0 Å². The molecule has 0 radical (unpaired) electrons. The predicted octanol–water partition coefficient (Wildman–Crippen LogP) is 6.68. The van der Waals surface area contributed by atoms with Crippen molar-refractivity contribution in [2.24, 2.45) is 0 Å². The van der Waals surface area contributed by atoms with E-state index in [1.807, 2.05) is 0 Å². The first kappa shape index (κ1) is 27.6. The first-order valence-corrected chi connectivity index (χ1v) is 16.2. The fourth-order valence-electron chi connectivity index (χ4n) is 2.17. The first-order valence-electron chi connectivity index (χ1n) is 7.59. The molecule has 0 heterocycles. The molecule has 0 unspecified atom stereocenters. The van der Waals surface area contributed by atoms with Crippen LogP contribution in [0.5, 0.6) is 0 Å². The van der Waals surface area contributed by atoms with Gasteiger partial charge in [-0.2, -0.15) is 0 Å². The summed E-state index contributed by atoms with van der Waals surface area (Å²) in [5.74, 6) is -13.9. The van der Waals surface area contributed by atoms with Gasteiger partial charge in [0, 0.05) is 0 Å². The van der Waals surface area contributed by atoms with Gasteiger partial charge < -0.3 is 5.11 Å². The van der Waals surface area contributed by atoms with Crippen molar-refractivity contribution in [2.75, 3.05) is 0 Å². The summed E-state index contributed by atoms with van der Waals surface area (Å²) in [5, 5.41) is 20.6. The van der Waals surface area contributed by atoms with Gasteiger partial charge in [-0.25, -0.2) is 26.7 Å². The average Bonchev–Trinajstić information content (AvgIpc) is 2.97. The Morgan fingerprint density at radius 3 is 1.44 bits per heavy atom. The van der Waals surface area contributed by atoms with E-state index in [4.69, 9.17) is 5.11 Å². The number of halogens is 7. The second kappa shape index (κ2) is 7.79. The average molecular weight is 440 g/mol. The third-order valence-electron chi connectivity index (χ3n) is 3.80. The van der Waals surface area contributed by atoms with Gasteiger partial charge in [0.05, 0.1) is 0 Å². The minimum atomic E-state index is -2.61. The third-order valence-corrected chi connectivity index (χ3v) is 9.39. The number of carbonyl (C=O) groups is 1. The Balaban J connectivity index is 0. The Hall–Kier alpha value is -1.61. The van der Waals surface area contributed by atoms with E-state index < -0.39 is 54.6 Å². The van der Waals surface area contributed by atoms with Crippen LogP contribution in [-0.2, 0) is 14.0 Å². The summed E-state index contributed by atoms with van der Waals surface area (Å²) in [5.41, 5.74) is -1.86. The molecule has 1 aliphatic rings. The number of carboxylic acids is 1. The molecule has 0 spiro atoms. The van der Waals surface area contributed by atoms with Gasteiger partial charge in [-0.3, -0.25) is 9.41 Å². The van der Waals surface area contributed by atoms with Crippen molar-refractivity contribution in [1.29, 1.82) is 0 Å². The van der Waals surface area contributed by atoms with Gasteiger partial charge in [-0.05, 0) is 0 Å². The number of hydrogen-bond donors (Lipinski definition) is 1. The number of carboxylic acid groups (broad SMARTS) is 1. The SMILES string of the molecule is F.F.O=C(O)c1c(F)c(F)c(F)c(F)c1F.[CH3][Ti]([CH3])([CH3])([CH3])([CH3])[C]1=CC=CC1. The minimum absolute atomic E-state index is 0. The van der Waals surface area contributed by atoms with Crippen LogP contribution in [0.1, 0.15) is 16.8 Å². The molecule has 1 aromatic carbocycles. The summed E-state index contributed by atoms with van der Waals surface area (Å²) in [6, 6.07) is 0. The Labute approximate surface area is 150 Å². The van der Waals surface area contributed by atoms with Crippen molar-refractivity contribution in [2.45, 2.75) is 32.6 Å². The third kappa shape index (κ3) is 6.50. The maximum absolute atomic E-state index is 12.6. The zero-order chi connectivity index (χ0) is 19.9. The topological polar surface area (TPSA) is 37.3 Å². The van der Waals surface area contributed by atoms with E-state index in [9.17, 15) is 26.7 Å². The Morgan fingerprint density at radius 1 is 0.852 bits per heavy atom. The fourth-order valence-corrected chi connectivity index (χ4v) is 5.40. The van der Waals surface area contributed by atoms with Crippen molar-refractivity contribution in [3.8, 4) is 0 Å². The van der Waals surface area contributed by atoms with E-state index in [1.165, 1.54) is 6.42 Å². The van der Waals surface area contributed by atoms with Crippen LogP contribution in [0.3, 0.4) is 0 Å². The maximum atomic E-state index is 12.6. The molecule has 0 amide bonds. The van der Waals surface area contributed by atoms with Crippen LogP contribution in [0.25, 0.3) is 0 Å². The van der Waals surface area contributed by atoms with Gasteiger partial charge in [-0.15, -0.1) is 0 Å². The van der Waals surface area contributed by atoms with Gasteiger partial charge in [-0.1, -0.05) is 0 Å². The standard InChI is InChI=1S/C7HF5O2.C5H5.5CH3.2FH.Ti/c8-2-1(7(13)14)3(9)5(11)6(12)4(2)10;1-2-4-5-3-1;;;;;;;;/h(H,13,14);1-3H,4H2;5*1H3;2*1H;. The van der Waals surface area contributed by atoms with Crippen LogP contribution in [0.4, 0.5) is 31.4 Å². The second-order valence-corrected chi connectivity index (χ2v) is 30.3. The van der Waals surface area contributed by atoms with Crippen LogP contribution in [0.15, 0.2) is 22.1 Å². The van der Waals surface area contributed by atoms with E-state index in [2.05, 4.69) is 44.4 Å². The summed E-state index contributed by atoms with van der Waals surface area (Å²) in [7, 11) is 0. The van der Waals surface area contributed by atoms with Gasteiger partial charge >= 0.3 is 74.7 Å². The number of aromatic carboxylic acids is 1. The molecule has 0 saturated heterocycles. The molecule has 1 N–H and O–H groups in total. The molecule has 2 rings (SSSR count). The van der Waals surface area contributed by atoms with Crippen LogP contribution in [0, 0.1) is 29.1 Å². The number of benzene rings is 1. The molecular formula is C17H23F7O2Ti. The van der Waals surface area contributed by atoms with Gasteiger partial charge in [0.15, 0.2) is 23.3 Å². The van der Waals surface area contributed by atoms with E-state index in [-0.39, 0.29) is 9.41 Å². The van der Waals surface area contributed by atoms with Crippen molar-refractivity contribution in [3.05, 3.63) is 56.8 Å². The van der Waals surface area contributed by atoms with Crippen LogP contribution >= 0.6 is 0 Å². The van der Waals surface area contributed by atoms with Crippen molar-refractivity contribution < 1.29 is 55.3 Å². The van der Waals surface area contributed by atoms with E-state index in [0.29, 0.717) is 0 Å². The van der Waals surface area contributed by atoms with Gasteiger partial charge in [0.2, 0.25) is 5.82 Å². The fraction of sp³-hybridized carbons (Fsp3) is 0.353. The van der Waals surface area contributed by atoms with E-state index >= 15 is 0 Å². The molecule has 0 aromatic heterocycles. The molecule has 0 saturated carbocycles. The molecule has 1 aliphatic carbocycles. The van der Waals surface area contributed by atoms with E-state index in [0.717, 1.165) is 0 Å². The number of hydrogen-bond acceptors (Lipinski definition) is 1. The monoisotopic (exact) mass is 440 g/mol. The van der Waals surface area contributed by atoms with Crippen molar-refractivity contribution in [3.63, 3.8) is 0 Å². The molecule has 10 heteroatoms. The Bertz CT molecular complexity index is 765. The summed E-state index contributed by atoms with van der Waals surface area (Å²) in [6.45, 7) is 0. The summed E-state index contributed by atoms with van der Waals surface area (Å²) < 4.78 is 63.8. The molecule has 1 aromatic rings. The molecule has 2 nitrogen and oxygen atoms in total. The number of allylic oxidation sites excluding steroid dienone is 4. The molecule has 156 valence electrons. The Kier molecular flexibility index (Phi) is 7.97. The molecule has 27 heavy (non-hydrogen) atoms. The summed E-state index contributed by atoms with van der Waals surface area (Å²) in [6.07, 6.45) is 7.98. The van der Waals surface area contributed by atoms with Gasteiger partial charge in [0.25, 0.3) is 0 Å². The van der Waals surface area contributed by atoms with Crippen LogP contribution in [0.2, 0.25) is 26.1 Å². The van der Waals surface area contributed by atoms with Gasteiger partial charge in [0.1, 0.15) is 5.56 Å². The quantitative estimate of drug-likeness (QED) is 0.241. The zero-order valence-corrected chi connectivity index (χ0v) is 17.1. The van der Waals surface area contributed by atoms with Crippen molar-refractivity contribution >= 4 is 5.97 Å². The Morgan fingerprint density at radius 2 is 1.22 bits per heavy atom. The second-order valence-electron chi connectivity index (χ2n) is 9.82. The molecule has 0 bridgehead atoms. The molecule has 0 aliphatic heterocycles. The van der Waals surface area contributed by atoms with Crippen LogP contribution in [-0.4, -0.2) is 11.1 Å². The molecular weight excluding hydrogens is 417 g/mol. The number of rotatable bonds is 2. The summed E-state index contributed by atoms with van der Waals surface area (Å²) >= 11 is -2.61. The van der Waals surface area contributed by atoms with Crippen molar-refractivity contribution in [1.82, 2.24) is 0 Å². The normalized spacial score (nSPS) is 15.3. The molecule has 0 atom stereocenters. The van der Waals surface area contributed by atoms with E-state index in [1.54, 1.807) is 3.88 Å². The predicted molar refractivity (Wildman–Crippen MR) is 89.4 cm³/mol. The molecule has 0 fully saturated rings.